The lowest BCUT2D eigenvalue weighted by molar-refractivity contribution is 0.142. The van der Waals surface area contributed by atoms with E-state index >= 15 is 0 Å². The first kappa shape index (κ1) is 18.2. The van der Waals surface area contributed by atoms with Crippen molar-refractivity contribution in [3.63, 3.8) is 0 Å². The maximum atomic E-state index is 13.0. The molecule has 0 saturated carbocycles. The van der Waals surface area contributed by atoms with Crippen LogP contribution in [0.3, 0.4) is 0 Å². The molecule has 26 heavy (non-hydrogen) atoms. The van der Waals surface area contributed by atoms with Gasteiger partial charge in [0.1, 0.15) is 17.1 Å². The van der Waals surface area contributed by atoms with E-state index in [2.05, 4.69) is 18.8 Å². The van der Waals surface area contributed by atoms with Gasteiger partial charge in [0.05, 0.1) is 26.5 Å². The quantitative estimate of drug-likeness (QED) is 0.682. The second kappa shape index (κ2) is 6.96. The van der Waals surface area contributed by atoms with E-state index in [0.29, 0.717) is 18.7 Å². The van der Waals surface area contributed by atoms with Gasteiger partial charge in [-0.1, -0.05) is 26.0 Å². The summed E-state index contributed by atoms with van der Waals surface area (Å²) < 4.78 is 14.2. The number of hydrogen-bond donors (Lipinski definition) is 0. The van der Waals surface area contributed by atoms with Crippen LogP contribution < -0.4 is 10.3 Å². The van der Waals surface area contributed by atoms with Gasteiger partial charge in [-0.2, -0.15) is 0 Å². The van der Waals surface area contributed by atoms with Crippen LogP contribution in [-0.4, -0.2) is 34.8 Å². The summed E-state index contributed by atoms with van der Waals surface area (Å²) in [5.41, 5.74) is 2.16. The zero-order valence-electron chi connectivity index (χ0n) is 15.9. The van der Waals surface area contributed by atoms with Crippen LogP contribution in [-0.2, 0) is 16.7 Å². The van der Waals surface area contributed by atoms with Crippen molar-refractivity contribution in [3.8, 4) is 5.75 Å². The van der Waals surface area contributed by atoms with Crippen molar-refractivity contribution in [1.82, 2.24) is 14.0 Å². The minimum Gasteiger partial charge on any atom is -0.497 e. The van der Waals surface area contributed by atoms with Gasteiger partial charge >= 0.3 is 0 Å². The molecular formula is C20H25N3O3. The summed E-state index contributed by atoms with van der Waals surface area (Å²) in [7, 11) is 3.31. The molecule has 0 aliphatic rings. The molecule has 2 aromatic heterocycles. The highest BCUT2D eigenvalue weighted by Gasteiger charge is 2.26. The van der Waals surface area contributed by atoms with Crippen LogP contribution in [0.25, 0.3) is 5.52 Å². The zero-order chi connectivity index (χ0) is 18.9. The Balaban J connectivity index is 2.04. The molecular weight excluding hydrogens is 330 g/mol. The number of methoxy groups -OCH3 is 2. The molecule has 0 unspecified atom stereocenters. The van der Waals surface area contributed by atoms with Gasteiger partial charge in [-0.25, -0.2) is 4.98 Å². The third kappa shape index (κ3) is 3.24. The minimum atomic E-state index is -0.289. The van der Waals surface area contributed by atoms with Crippen molar-refractivity contribution in [3.05, 3.63) is 64.1 Å². The topological polar surface area (TPSA) is 57.8 Å². The van der Waals surface area contributed by atoms with E-state index in [4.69, 9.17) is 9.47 Å². The summed E-state index contributed by atoms with van der Waals surface area (Å²) in [6, 6.07) is 7.74. The standard InChI is InChI=1S/C20H25N3O3/c1-14-11-23-17(10-21-19(23)20(2,3)13-25-4)18(24)22(14)12-15-6-8-16(26-5)9-7-15/h6-11H,12-13H2,1-5H3. The average molecular weight is 355 g/mol. The van der Waals surface area contributed by atoms with Crippen LogP contribution in [0.1, 0.15) is 30.9 Å². The molecule has 0 N–H and O–H groups in total. The fourth-order valence-electron chi connectivity index (χ4n) is 3.24. The van der Waals surface area contributed by atoms with Crippen molar-refractivity contribution >= 4 is 5.52 Å². The molecule has 0 radical (unpaired) electrons. The van der Waals surface area contributed by atoms with E-state index in [1.165, 1.54) is 0 Å². The highest BCUT2D eigenvalue weighted by molar-refractivity contribution is 5.46. The molecule has 6 heteroatoms. The lowest BCUT2D eigenvalue weighted by Gasteiger charge is -2.22. The summed E-state index contributed by atoms with van der Waals surface area (Å²) in [4.78, 5) is 17.5. The molecule has 0 saturated heterocycles. The van der Waals surface area contributed by atoms with Gasteiger partial charge in [-0.05, 0) is 24.6 Å². The van der Waals surface area contributed by atoms with Gasteiger partial charge in [0.2, 0.25) is 0 Å². The molecule has 0 aliphatic heterocycles. The number of benzene rings is 1. The maximum absolute atomic E-state index is 13.0. The van der Waals surface area contributed by atoms with E-state index in [9.17, 15) is 4.79 Å². The molecule has 6 nitrogen and oxygen atoms in total. The number of nitrogens with zero attached hydrogens (tertiary/aromatic N) is 3. The van der Waals surface area contributed by atoms with Crippen molar-refractivity contribution in [2.45, 2.75) is 32.7 Å². The van der Waals surface area contributed by atoms with Crippen molar-refractivity contribution in [1.29, 1.82) is 0 Å². The van der Waals surface area contributed by atoms with Gasteiger partial charge in [0, 0.05) is 24.4 Å². The number of aryl methyl sites for hydroxylation is 1. The molecule has 0 aliphatic carbocycles. The van der Waals surface area contributed by atoms with Gasteiger partial charge < -0.3 is 14.0 Å². The maximum Gasteiger partial charge on any atom is 0.276 e. The molecule has 0 amide bonds. The van der Waals surface area contributed by atoms with Crippen molar-refractivity contribution in [2.75, 3.05) is 20.8 Å². The molecule has 1 aromatic carbocycles. The Morgan fingerprint density at radius 2 is 1.85 bits per heavy atom. The van der Waals surface area contributed by atoms with E-state index in [-0.39, 0.29) is 11.0 Å². The van der Waals surface area contributed by atoms with Gasteiger partial charge in [-0.3, -0.25) is 9.20 Å². The predicted molar refractivity (Wildman–Crippen MR) is 101 cm³/mol. The molecule has 138 valence electrons. The number of ether oxygens (including phenoxy) is 2. The summed E-state index contributed by atoms with van der Waals surface area (Å²) in [5, 5.41) is 0. The van der Waals surface area contributed by atoms with Gasteiger partial charge in [0.15, 0.2) is 0 Å². The Morgan fingerprint density at radius 3 is 2.46 bits per heavy atom. The number of aromatic nitrogens is 3. The number of rotatable bonds is 6. The Hall–Kier alpha value is -2.60. The minimum absolute atomic E-state index is 0.0483. The van der Waals surface area contributed by atoms with Gasteiger partial charge in [-0.15, -0.1) is 0 Å². The molecule has 0 bridgehead atoms. The lowest BCUT2D eigenvalue weighted by atomic mass is 9.94. The Morgan fingerprint density at radius 1 is 1.15 bits per heavy atom. The molecule has 0 spiro atoms. The molecule has 3 aromatic rings. The first-order valence-electron chi connectivity index (χ1n) is 8.57. The van der Waals surface area contributed by atoms with Crippen LogP contribution in [0.4, 0.5) is 0 Å². The van der Waals surface area contributed by atoms with Crippen LogP contribution in [0.2, 0.25) is 0 Å². The third-order valence-electron chi connectivity index (χ3n) is 4.61. The Labute approximate surface area is 153 Å². The second-order valence-corrected chi connectivity index (χ2v) is 7.16. The molecule has 0 atom stereocenters. The smallest absolute Gasteiger partial charge is 0.276 e. The second-order valence-electron chi connectivity index (χ2n) is 7.16. The summed E-state index contributed by atoms with van der Waals surface area (Å²) >= 11 is 0. The first-order valence-corrected chi connectivity index (χ1v) is 8.57. The van der Waals surface area contributed by atoms with Crippen LogP contribution in [0, 0.1) is 6.92 Å². The number of imidazole rings is 1. The molecule has 2 heterocycles. The van der Waals surface area contributed by atoms with Crippen LogP contribution >= 0.6 is 0 Å². The lowest BCUT2D eigenvalue weighted by Crippen LogP contribution is -2.29. The summed E-state index contributed by atoms with van der Waals surface area (Å²) in [6.45, 7) is 7.09. The summed E-state index contributed by atoms with van der Waals surface area (Å²) in [6.07, 6.45) is 3.62. The Kier molecular flexibility index (Phi) is 4.87. The highest BCUT2D eigenvalue weighted by atomic mass is 16.5. The van der Waals surface area contributed by atoms with Crippen molar-refractivity contribution < 1.29 is 9.47 Å². The van der Waals surface area contributed by atoms with Crippen LogP contribution in [0.15, 0.2) is 41.5 Å². The highest BCUT2D eigenvalue weighted by Crippen LogP contribution is 2.23. The average Bonchev–Trinajstić information content (AvgIpc) is 3.04. The van der Waals surface area contributed by atoms with Crippen molar-refractivity contribution in [2.24, 2.45) is 0 Å². The third-order valence-corrected chi connectivity index (χ3v) is 4.61. The summed E-state index contributed by atoms with van der Waals surface area (Å²) in [5.74, 6) is 1.63. The largest absolute Gasteiger partial charge is 0.497 e. The normalized spacial score (nSPS) is 11.9. The fraction of sp³-hybridized carbons (Fsp3) is 0.400. The van der Waals surface area contributed by atoms with Crippen LogP contribution in [0.5, 0.6) is 5.75 Å². The monoisotopic (exact) mass is 355 g/mol. The Bertz CT molecular complexity index is 968. The van der Waals surface area contributed by atoms with E-state index < -0.39 is 0 Å². The SMILES string of the molecule is COCC(C)(C)c1ncc2c(=O)n(Cc3ccc(OC)cc3)c(C)cn12. The van der Waals surface area contributed by atoms with E-state index in [1.807, 2.05) is 41.8 Å². The zero-order valence-corrected chi connectivity index (χ0v) is 15.9. The molecule has 0 fully saturated rings. The van der Waals surface area contributed by atoms with E-state index in [0.717, 1.165) is 22.8 Å². The first-order chi connectivity index (χ1) is 12.4. The van der Waals surface area contributed by atoms with Gasteiger partial charge in [0.25, 0.3) is 5.56 Å². The van der Waals surface area contributed by atoms with E-state index in [1.54, 1.807) is 25.0 Å². The predicted octanol–water partition coefficient (Wildman–Crippen LogP) is 2.79. The fourth-order valence-corrected chi connectivity index (χ4v) is 3.24. The molecule has 3 rings (SSSR count). The number of hydrogen-bond acceptors (Lipinski definition) is 4. The number of fused-ring (bicyclic) bond motifs is 1.